The van der Waals surface area contributed by atoms with Gasteiger partial charge < -0.3 is 20.0 Å². The quantitative estimate of drug-likeness (QED) is 0.657. The molecule has 5 heteroatoms. The zero-order valence-corrected chi connectivity index (χ0v) is 16.3. The van der Waals surface area contributed by atoms with Gasteiger partial charge in [-0.1, -0.05) is 27.7 Å². The third kappa shape index (κ3) is 20.4. The van der Waals surface area contributed by atoms with Gasteiger partial charge in [-0.2, -0.15) is 0 Å². The molecule has 0 saturated carbocycles. The van der Waals surface area contributed by atoms with Crippen LogP contribution >= 0.6 is 0 Å². The maximum absolute atomic E-state index is 9.41. The van der Waals surface area contributed by atoms with Gasteiger partial charge in [-0.15, -0.1) is 0 Å². The summed E-state index contributed by atoms with van der Waals surface area (Å²) in [5.74, 6) is 0. The predicted octanol–water partition coefficient (Wildman–Crippen LogP) is 2.20. The van der Waals surface area contributed by atoms with Gasteiger partial charge in [0.05, 0.1) is 11.2 Å². The molecule has 4 nitrogen and oxygen atoms in total. The van der Waals surface area contributed by atoms with E-state index in [0.29, 0.717) is 0 Å². The molecule has 0 aliphatic rings. The summed E-state index contributed by atoms with van der Waals surface area (Å²) >= 11 is 0. The molecule has 2 N–H and O–H groups in total. The third-order valence-electron chi connectivity index (χ3n) is 3.01. The van der Waals surface area contributed by atoms with Gasteiger partial charge in [0.2, 0.25) is 0 Å². The summed E-state index contributed by atoms with van der Waals surface area (Å²) in [6.45, 7) is 21.4. The van der Waals surface area contributed by atoms with E-state index in [0.717, 1.165) is 39.3 Å². The van der Waals surface area contributed by atoms with E-state index in [-0.39, 0.29) is 17.1 Å². The minimum atomic E-state index is -0.550. The van der Waals surface area contributed by atoms with Crippen molar-refractivity contribution in [3.63, 3.8) is 0 Å². The first-order valence-electron chi connectivity index (χ1n) is 7.88. The van der Waals surface area contributed by atoms with Crippen LogP contribution in [0, 0.1) is 0 Å². The first-order valence-corrected chi connectivity index (χ1v) is 7.88. The maximum atomic E-state index is 9.41. The van der Waals surface area contributed by atoms with Gasteiger partial charge in [-0.25, -0.2) is 0 Å². The molecule has 1 radical (unpaired) electrons. The zero-order valence-electron chi connectivity index (χ0n) is 15.3. The summed E-state index contributed by atoms with van der Waals surface area (Å²) in [6, 6.07) is 0. The minimum Gasteiger partial charge on any atom is -0.389 e. The first-order chi connectivity index (χ1) is 8.99. The molecule has 0 aliphatic carbocycles. The molecule has 0 bridgehead atoms. The Morgan fingerprint density at radius 3 is 0.857 bits per heavy atom. The average Bonchev–Trinajstić information content (AvgIpc) is 2.31. The maximum Gasteiger partial charge on any atom is 0.0718 e. The van der Waals surface area contributed by atoms with Crippen LogP contribution in [0.4, 0.5) is 0 Å². The average molecular weight is 354 g/mol. The van der Waals surface area contributed by atoms with E-state index in [1.165, 1.54) is 0 Å². The fourth-order valence-electron chi connectivity index (χ4n) is 1.99. The summed E-state index contributed by atoms with van der Waals surface area (Å²) < 4.78 is 0. The standard InChI is InChI=1S/2C8H19NO.Cu/c2*1-5-9(6-2)7-8(3,4)10;/h2*10H,5-7H2,1-4H3;. The van der Waals surface area contributed by atoms with Gasteiger partial charge in [-0.05, 0) is 53.9 Å². The summed E-state index contributed by atoms with van der Waals surface area (Å²) in [5.41, 5.74) is -1.10. The Bertz CT molecular complexity index is 193. The molecule has 0 aromatic carbocycles. The second-order valence-corrected chi connectivity index (χ2v) is 6.55. The van der Waals surface area contributed by atoms with Crippen molar-refractivity contribution < 1.29 is 27.3 Å². The largest absolute Gasteiger partial charge is 0.389 e. The van der Waals surface area contributed by atoms with Crippen LogP contribution in [0.3, 0.4) is 0 Å². The summed E-state index contributed by atoms with van der Waals surface area (Å²) in [7, 11) is 0. The molecule has 0 atom stereocenters. The second-order valence-electron chi connectivity index (χ2n) is 6.55. The van der Waals surface area contributed by atoms with Crippen LogP contribution < -0.4 is 0 Å². The predicted molar refractivity (Wildman–Crippen MR) is 88.2 cm³/mol. The van der Waals surface area contributed by atoms with E-state index in [2.05, 4.69) is 37.5 Å². The van der Waals surface area contributed by atoms with Crippen molar-refractivity contribution >= 4 is 0 Å². The molecule has 0 rings (SSSR count). The van der Waals surface area contributed by atoms with E-state index >= 15 is 0 Å². The summed E-state index contributed by atoms with van der Waals surface area (Å²) in [4.78, 5) is 4.42. The number of aliphatic hydroxyl groups is 2. The van der Waals surface area contributed by atoms with Gasteiger partial charge in [0, 0.05) is 30.2 Å². The number of hydrogen-bond donors (Lipinski definition) is 2. The summed E-state index contributed by atoms with van der Waals surface area (Å²) in [6.07, 6.45) is 0. The van der Waals surface area contributed by atoms with Gasteiger partial charge in [0.15, 0.2) is 0 Å². The molecule has 0 fully saturated rings. The van der Waals surface area contributed by atoms with Crippen molar-refractivity contribution in [1.82, 2.24) is 9.80 Å². The molecule has 0 spiro atoms. The van der Waals surface area contributed by atoms with Crippen LogP contribution in [0.15, 0.2) is 0 Å². The molecule has 0 aromatic heterocycles. The second kappa shape index (κ2) is 12.9. The van der Waals surface area contributed by atoms with E-state index in [1.807, 2.05) is 27.7 Å². The van der Waals surface area contributed by atoms with Crippen molar-refractivity contribution in [2.24, 2.45) is 0 Å². The first kappa shape index (κ1) is 26.3. The third-order valence-corrected chi connectivity index (χ3v) is 3.01. The monoisotopic (exact) mass is 353 g/mol. The van der Waals surface area contributed by atoms with Crippen molar-refractivity contribution in [2.45, 2.75) is 66.6 Å². The van der Waals surface area contributed by atoms with Crippen LogP contribution in [0.1, 0.15) is 55.4 Å². The Kier molecular flexibility index (Phi) is 16.1. The Morgan fingerprint density at radius 1 is 0.619 bits per heavy atom. The SMILES string of the molecule is CCN(CC)CC(C)(C)O.CCN(CC)CC(C)(C)O.[Cu]. The Balaban J connectivity index is -0.000000295. The van der Waals surface area contributed by atoms with Crippen LogP contribution in [-0.2, 0) is 17.1 Å². The Morgan fingerprint density at radius 2 is 0.810 bits per heavy atom. The molecule has 0 aromatic rings. The van der Waals surface area contributed by atoms with Crippen molar-refractivity contribution in [1.29, 1.82) is 0 Å². The number of hydrogen-bond acceptors (Lipinski definition) is 4. The van der Waals surface area contributed by atoms with Crippen LogP contribution in [-0.4, -0.2) is 70.5 Å². The van der Waals surface area contributed by atoms with Crippen LogP contribution in [0.25, 0.3) is 0 Å². The topological polar surface area (TPSA) is 46.9 Å². The number of rotatable bonds is 8. The van der Waals surface area contributed by atoms with E-state index < -0.39 is 11.2 Å². The minimum absolute atomic E-state index is 0. The van der Waals surface area contributed by atoms with E-state index in [9.17, 15) is 10.2 Å². The van der Waals surface area contributed by atoms with Gasteiger partial charge >= 0.3 is 0 Å². The fraction of sp³-hybridized carbons (Fsp3) is 1.00. The van der Waals surface area contributed by atoms with Gasteiger partial charge in [0.1, 0.15) is 0 Å². The molecular weight excluding hydrogens is 316 g/mol. The molecule has 0 unspecified atom stereocenters. The Hall–Kier alpha value is 0.359. The van der Waals surface area contributed by atoms with Crippen molar-refractivity contribution in [3.05, 3.63) is 0 Å². The number of likely N-dealkylation sites (N-methyl/N-ethyl adjacent to an activating group) is 2. The zero-order chi connectivity index (χ0) is 16.4. The number of nitrogens with zero attached hydrogens (tertiary/aromatic N) is 2. The Labute approximate surface area is 143 Å². The van der Waals surface area contributed by atoms with Crippen molar-refractivity contribution in [3.8, 4) is 0 Å². The molecule has 21 heavy (non-hydrogen) atoms. The smallest absolute Gasteiger partial charge is 0.0718 e. The molecule has 0 saturated heterocycles. The van der Waals surface area contributed by atoms with E-state index in [1.54, 1.807) is 0 Å². The molecule has 0 amide bonds. The van der Waals surface area contributed by atoms with E-state index in [4.69, 9.17) is 0 Å². The molecule has 135 valence electrons. The molecular formula is C16H38CuN2O2. The normalized spacial score (nSPS) is 12.0. The molecule has 0 heterocycles. The van der Waals surface area contributed by atoms with Gasteiger partial charge in [0.25, 0.3) is 0 Å². The molecule has 0 aliphatic heterocycles. The summed E-state index contributed by atoms with van der Waals surface area (Å²) in [5, 5.41) is 18.8. The van der Waals surface area contributed by atoms with Crippen LogP contribution in [0.2, 0.25) is 0 Å². The fourth-order valence-corrected chi connectivity index (χ4v) is 1.99. The van der Waals surface area contributed by atoms with Gasteiger partial charge in [-0.3, -0.25) is 0 Å². The van der Waals surface area contributed by atoms with Crippen LogP contribution in [0.5, 0.6) is 0 Å². The van der Waals surface area contributed by atoms with Crippen molar-refractivity contribution in [2.75, 3.05) is 39.3 Å².